The van der Waals surface area contributed by atoms with Crippen LogP contribution in [0.15, 0.2) is 24.5 Å². The fraction of sp³-hybridized carbons (Fsp3) is 0.545. The van der Waals surface area contributed by atoms with Crippen molar-refractivity contribution in [2.24, 2.45) is 5.92 Å². The third kappa shape index (κ3) is 4.97. The van der Waals surface area contributed by atoms with E-state index in [4.69, 9.17) is 0 Å². The van der Waals surface area contributed by atoms with E-state index in [0.29, 0.717) is 35.4 Å². The fourth-order valence-electron chi connectivity index (χ4n) is 4.56. The van der Waals surface area contributed by atoms with Crippen LogP contribution in [0, 0.1) is 17.2 Å². The summed E-state index contributed by atoms with van der Waals surface area (Å²) in [7, 11) is 2.05. The highest BCUT2D eigenvalue weighted by atomic mass is 19.3. The minimum Gasteiger partial charge on any atom is -0.363 e. The lowest BCUT2D eigenvalue weighted by atomic mass is 9.90. The Labute approximate surface area is 180 Å². The van der Waals surface area contributed by atoms with Gasteiger partial charge in [-0.1, -0.05) is 0 Å². The first-order chi connectivity index (χ1) is 14.8. The van der Waals surface area contributed by atoms with E-state index in [1.54, 1.807) is 17.0 Å². The number of piperazine rings is 1. The Kier molecular flexibility index (Phi) is 6.12. The second-order valence-electron chi connectivity index (χ2n) is 8.63. The number of nitrogens with zero attached hydrogens (tertiary/aromatic N) is 6. The Bertz CT molecular complexity index is 999. The molecule has 2 saturated heterocycles. The number of alkyl halides is 2. The van der Waals surface area contributed by atoms with E-state index in [-0.39, 0.29) is 18.6 Å². The van der Waals surface area contributed by atoms with Crippen molar-refractivity contribution in [3.05, 3.63) is 30.1 Å². The monoisotopic (exact) mass is 428 g/mol. The van der Waals surface area contributed by atoms with E-state index >= 15 is 0 Å². The molecule has 1 aromatic heterocycles. The topological polar surface area (TPSA) is 76.4 Å². The average molecular weight is 428 g/mol. The molecule has 0 aliphatic carbocycles. The molecule has 0 radical (unpaired) electrons. The number of fused-ring (bicyclic) bond motifs is 1. The summed E-state index contributed by atoms with van der Waals surface area (Å²) in [6.45, 7) is 3.71. The van der Waals surface area contributed by atoms with Gasteiger partial charge >= 0.3 is 0 Å². The van der Waals surface area contributed by atoms with Crippen LogP contribution in [0.3, 0.4) is 0 Å². The molecule has 2 aliphatic rings. The van der Waals surface area contributed by atoms with Crippen molar-refractivity contribution in [1.29, 1.82) is 5.26 Å². The van der Waals surface area contributed by atoms with E-state index in [9.17, 15) is 18.8 Å². The van der Waals surface area contributed by atoms with Crippen LogP contribution in [-0.4, -0.2) is 84.3 Å². The van der Waals surface area contributed by atoms with E-state index in [1.807, 2.05) is 0 Å². The molecule has 0 N–H and O–H groups in total. The molecule has 2 aromatic rings. The second-order valence-corrected chi connectivity index (χ2v) is 8.63. The van der Waals surface area contributed by atoms with Crippen LogP contribution in [0.2, 0.25) is 0 Å². The highest BCUT2D eigenvalue weighted by Crippen LogP contribution is 2.37. The molecule has 3 heterocycles. The normalized spacial score (nSPS) is 22.4. The minimum absolute atomic E-state index is 0.0108. The number of likely N-dealkylation sites (N-methyl/N-ethyl adjacent to an activating group) is 1. The van der Waals surface area contributed by atoms with Crippen molar-refractivity contribution in [2.45, 2.75) is 18.8 Å². The van der Waals surface area contributed by atoms with Gasteiger partial charge < -0.3 is 9.80 Å². The van der Waals surface area contributed by atoms with Gasteiger partial charge in [0.05, 0.1) is 24.3 Å². The van der Waals surface area contributed by atoms with Crippen LogP contribution < -0.4 is 4.90 Å². The van der Waals surface area contributed by atoms with Gasteiger partial charge in [0.2, 0.25) is 0 Å². The standard InChI is InChI=1S/C22H26F2N6O/c1-28-6-8-29(9-7-28)14-18(31)10-16-11-22(23,24)15-30(13-16)19-3-2-17(12-25)20-21(19)27-5-4-26-20/h2-5,16H,6-11,13-15H2,1H3. The van der Waals surface area contributed by atoms with Crippen LogP contribution >= 0.6 is 0 Å². The third-order valence-electron chi connectivity index (χ3n) is 6.07. The summed E-state index contributed by atoms with van der Waals surface area (Å²) in [5.41, 5.74) is 1.72. The summed E-state index contributed by atoms with van der Waals surface area (Å²) in [4.78, 5) is 27.1. The van der Waals surface area contributed by atoms with Gasteiger partial charge in [-0.3, -0.25) is 19.7 Å². The lowest BCUT2D eigenvalue weighted by Crippen LogP contribution is -2.49. The Morgan fingerprint density at radius 3 is 2.61 bits per heavy atom. The maximum Gasteiger partial charge on any atom is 0.265 e. The van der Waals surface area contributed by atoms with Crippen molar-refractivity contribution in [3.8, 4) is 6.07 Å². The number of hydrogen-bond donors (Lipinski definition) is 0. The first kappa shape index (κ1) is 21.5. The van der Waals surface area contributed by atoms with Crippen LogP contribution in [0.5, 0.6) is 0 Å². The number of nitriles is 1. The van der Waals surface area contributed by atoms with Gasteiger partial charge in [-0.2, -0.15) is 5.26 Å². The molecule has 0 bridgehead atoms. The molecule has 0 saturated carbocycles. The molecular weight excluding hydrogens is 402 g/mol. The van der Waals surface area contributed by atoms with Crippen LogP contribution in [0.4, 0.5) is 14.5 Å². The molecule has 7 nitrogen and oxygen atoms in total. The number of Topliss-reactive ketones (excluding diaryl/α,β-unsaturated/α-hetero) is 1. The Balaban J connectivity index is 1.50. The van der Waals surface area contributed by atoms with Gasteiger partial charge in [0.25, 0.3) is 5.92 Å². The quantitative estimate of drug-likeness (QED) is 0.722. The molecule has 2 fully saturated rings. The summed E-state index contributed by atoms with van der Waals surface area (Å²) in [6, 6.07) is 5.31. The van der Waals surface area contributed by atoms with Crippen molar-refractivity contribution >= 4 is 22.5 Å². The first-order valence-electron chi connectivity index (χ1n) is 10.5. The largest absolute Gasteiger partial charge is 0.363 e. The number of rotatable bonds is 5. The highest BCUT2D eigenvalue weighted by molar-refractivity contribution is 5.92. The Hall–Kier alpha value is -2.70. The number of aromatic nitrogens is 2. The number of ketones is 1. The van der Waals surface area contributed by atoms with Crippen molar-refractivity contribution in [2.75, 3.05) is 57.8 Å². The summed E-state index contributed by atoms with van der Waals surface area (Å²) >= 11 is 0. The Morgan fingerprint density at radius 1 is 1.19 bits per heavy atom. The van der Waals surface area contributed by atoms with E-state index < -0.39 is 18.4 Å². The summed E-state index contributed by atoms with van der Waals surface area (Å²) in [6.07, 6.45) is 2.82. The van der Waals surface area contributed by atoms with Gasteiger partial charge in [-0.25, -0.2) is 8.78 Å². The summed E-state index contributed by atoms with van der Waals surface area (Å²) in [5.74, 6) is -3.33. The zero-order valence-corrected chi connectivity index (χ0v) is 17.6. The number of benzene rings is 1. The Morgan fingerprint density at radius 2 is 1.90 bits per heavy atom. The van der Waals surface area contributed by atoms with Gasteiger partial charge in [0.15, 0.2) is 0 Å². The SMILES string of the molecule is CN1CCN(CC(=O)CC2CN(c3ccc(C#N)c4nccnc34)CC(F)(F)C2)CC1. The maximum atomic E-state index is 14.6. The third-order valence-corrected chi connectivity index (χ3v) is 6.07. The number of carbonyl (C=O) groups excluding carboxylic acids is 1. The number of carbonyl (C=O) groups is 1. The number of hydrogen-bond acceptors (Lipinski definition) is 7. The molecule has 4 rings (SSSR count). The molecule has 31 heavy (non-hydrogen) atoms. The number of piperidine rings is 1. The smallest absolute Gasteiger partial charge is 0.265 e. The molecule has 1 aromatic carbocycles. The van der Waals surface area contributed by atoms with Gasteiger partial charge in [-0.15, -0.1) is 0 Å². The van der Waals surface area contributed by atoms with Crippen LogP contribution in [0.25, 0.3) is 11.0 Å². The zero-order chi connectivity index (χ0) is 22.0. The minimum atomic E-state index is -2.90. The summed E-state index contributed by atoms with van der Waals surface area (Å²) < 4.78 is 29.3. The van der Waals surface area contributed by atoms with Gasteiger partial charge in [-0.05, 0) is 25.1 Å². The lowest BCUT2D eigenvalue weighted by molar-refractivity contribution is -0.122. The number of halogens is 2. The molecule has 164 valence electrons. The zero-order valence-electron chi connectivity index (χ0n) is 17.6. The molecule has 1 atom stereocenters. The molecule has 0 amide bonds. The predicted octanol–water partition coefficient (Wildman–Crippen LogP) is 2.17. The predicted molar refractivity (Wildman–Crippen MR) is 113 cm³/mol. The molecular formula is C22H26F2N6O. The van der Waals surface area contributed by atoms with Gasteiger partial charge in [0, 0.05) is 58.0 Å². The molecule has 1 unspecified atom stereocenters. The van der Waals surface area contributed by atoms with Crippen molar-refractivity contribution in [1.82, 2.24) is 19.8 Å². The first-order valence-corrected chi connectivity index (χ1v) is 10.5. The van der Waals surface area contributed by atoms with Crippen LogP contribution in [-0.2, 0) is 4.79 Å². The van der Waals surface area contributed by atoms with E-state index in [2.05, 4.69) is 32.9 Å². The fourth-order valence-corrected chi connectivity index (χ4v) is 4.56. The maximum absolute atomic E-state index is 14.6. The molecule has 2 aliphatic heterocycles. The van der Waals surface area contributed by atoms with Crippen LogP contribution in [0.1, 0.15) is 18.4 Å². The van der Waals surface area contributed by atoms with Crippen molar-refractivity contribution in [3.63, 3.8) is 0 Å². The van der Waals surface area contributed by atoms with E-state index in [1.165, 1.54) is 12.4 Å². The summed E-state index contributed by atoms with van der Waals surface area (Å²) in [5, 5.41) is 9.31. The average Bonchev–Trinajstić information content (AvgIpc) is 2.73. The molecule has 0 spiro atoms. The highest BCUT2D eigenvalue weighted by Gasteiger charge is 2.41. The molecule has 9 heteroatoms. The van der Waals surface area contributed by atoms with Crippen molar-refractivity contribution < 1.29 is 13.6 Å². The van der Waals surface area contributed by atoms with Gasteiger partial charge in [0.1, 0.15) is 22.9 Å². The van der Waals surface area contributed by atoms with E-state index in [0.717, 1.165) is 26.2 Å². The second kappa shape index (κ2) is 8.81. The number of anilines is 1. The lowest BCUT2D eigenvalue weighted by Gasteiger charge is -2.39.